The highest BCUT2D eigenvalue weighted by molar-refractivity contribution is 5.82. The SMILES string of the molecule is CN=C(CC(C)C)N(C)C1CCCCC1. The van der Waals surface area contributed by atoms with Crippen LogP contribution in [0.15, 0.2) is 4.99 Å². The van der Waals surface area contributed by atoms with Crippen molar-refractivity contribution in [2.75, 3.05) is 14.1 Å². The lowest BCUT2D eigenvalue weighted by atomic mass is 9.94. The van der Waals surface area contributed by atoms with Crippen molar-refractivity contribution in [2.24, 2.45) is 10.9 Å². The largest absolute Gasteiger partial charge is 0.360 e. The molecule has 1 aliphatic rings. The molecule has 1 rings (SSSR count). The molecular formula is C13H26N2. The molecule has 15 heavy (non-hydrogen) atoms. The molecule has 1 saturated carbocycles. The van der Waals surface area contributed by atoms with Gasteiger partial charge in [-0.3, -0.25) is 4.99 Å². The number of hydrogen-bond acceptors (Lipinski definition) is 1. The summed E-state index contributed by atoms with van der Waals surface area (Å²) >= 11 is 0. The van der Waals surface area contributed by atoms with E-state index < -0.39 is 0 Å². The Bertz CT molecular complexity index is 203. The Morgan fingerprint density at radius 1 is 1.27 bits per heavy atom. The van der Waals surface area contributed by atoms with E-state index in [0.717, 1.165) is 12.5 Å². The van der Waals surface area contributed by atoms with Crippen LogP contribution in [0.2, 0.25) is 0 Å². The molecule has 88 valence electrons. The minimum atomic E-state index is 0.703. The highest BCUT2D eigenvalue weighted by Crippen LogP contribution is 2.22. The molecule has 1 fully saturated rings. The minimum Gasteiger partial charge on any atom is -0.360 e. The summed E-state index contributed by atoms with van der Waals surface area (Å²) in [7, 11) is 4.15. The van der Waals surface area contributed by atoms with Gasteiger partial charge in [0.2, 0.25) is 0 Å². The zero-order chi connectivity index (χ0) is 11.3. The van der Waals surface area contributed by atoms with Crippen molar-refractivity contribution in [2.45, 2.75) is 58.4 Å². The molecule has 0 amide bonds. The molecule has 0 N–H and O–H groups in total. The first-order chi connectivity index (χ1) is 7.15. The normalized spacial score (nSPS) is 19.7. The molecule has 0 aliphatic heterocycles. The summed E-state index contributed by atoms with van der Waals surface area (Å²) in [5.41, 5.74) is 0. The number of nitrogens with zero attached hydrogens (tertiary/aromatic N) is 2. The van der Waals surface area contributed by atoms with Crippen LogP contribution in [0.1, 0.15) is 52.4 Å². The van der Waals surface area contributed by atoms with Crippen LogP contribution < -0.4 is 0 Å². The van der Waals surface area contributed by atoms with Gasteiger partial charge in [0.1, 0.15) is 0 Å². The van der Waals surface area contributed by atoms with Gasteiger partial charge in [-0.05, 0) is 18.8 Å². The van der Waals surface area contributed by atoms with E-state index in [1.54, 1.807) is 0 Å². The highest BCUT2D eigenvalue weighted by Gasteiger charge is 2.20. The average molecular weight is 210 g/mol. The summed E-state index contributed by atoms with van der Waals surface area (Å²) in [4.78, 5) is 6.88. The predicted octanol–water partition coefficient (Wildman–Crippen LogP) is 3.33. The van der Waals surface area contributed by atoms with E-state index >= 15 is 0 Å². The molecule has 0 aromatic rings. The fourth-order valence-electron chi connectivity index (χ4n) is 2.44. The van der Waals surface area contributed by atoms with Crippen molar-refractivity contribution in [1.29, 1.82) is 0 Å². The molecule has 0 aromatic carbocycles. The molecule has 1 aliphatic carbocycles. The van der Waals surface area contributed by atoms with Gasteiger partial charge in [-0.1, -0.05) is 33.1 Å². The first-order valence-electron chi connectivity index (χ1n) is 6.33. The monoisotopic (exact) mass is 210 g/mol. The predicted molar refractivity (Wildman–Crippen MR) is 67.5 cm³/mol. The fraction of sp³-hybridized carbons (Fsp3) is 0.923. The van der Waals surface area contributed by atoms with E-state index in [-0.39, 0.29) is 0 Å². The smallest absolute Gasteiger partial charge is 0.0987 e. The first-order valence-corrected chi connectivity index (χ1v) is 6.33. The van der Waals surface area contributed by atoms with Gasteiger partial charge < -0.3 is 4.90 Å². The van der Waals surface area contributed by atoms with Gasteiger partial charge in [0.05, 0.1) is 5.84 Å². The molecule has 0 heterocycles. The van der Waals surface area contributed by atoms with Gasteiger partial charge in [-0.2, -0.15) is 0 Å². The third kappa shape index (κ3) is 3.84. The molecule has 2 heteroatoms. The molecule has 0 atom stereocenters. The van der Waals surface area contributed by atoms with Crippen molar-refractivity contribution in [3.8, 4) is 0 Å². The van der Waals surface area contributed by atoms with Gasteiger partial charge in [0.15, 0.2) is 0 Å². The van der Waals surface area contributed by atoms with Crippen molar-refractivity contribution in [3.63, 3.8) is 0 Å². The topological polar surface area (TPSA) is 15.6 Å². The molecule has 0 saturated heterocycles. The first kappa shape index (κ1) is 12.5. The van der Waals surface area contributed by atoms with Crippen LogP contribution in [-0.4, -0.2) is 30.9 Å². The Kier molecular flexibility index (Phi) is 5.13. The molecule has 0 unspecified atom stereocenters. The molecule has 0 spiro atoms. The summed E-state index contributed by atoms with van der Waals surface area (Å²) in [6.07, 6.45) is 8.04. The maximum atomic E-state index is 4.45. The standard InChI is InChI=1S/C13H26N2/c1-11(2)10-13(14-3)15(4)12-8-6-5-7-9-12/h11-12H,5-10H2,1-4H3. The summed E-state index contributed by atoms with van der Waals surface area (Å²) in [5.74, 6) is 1.99. The Morgan fingerprint density at radius 3 is 2.33 bits per heavy atom. The zero-order valence-electron chi connectivity index (χ0n) is 10.8. The van der Waals surface area contributed by atoms with Crippen LogP contribution in [0.3, 0.4) is 0 Å². The van der Waals surface area contributed by atoms with Crippen molar-refractivity contribution in [3.05, 3.63) is 0 Å². The number of hydrogen-bond donors (Lipinski definition) is 0. The lowest BCUT2D eigenvalue weighted by Crippen LogP contribution is -2.38. The third-order valence-electron chi connectivity index (χ3n) is 3.38. The number of amidine groups is 1. The van der Waals surface area contributed by atoms with E-state index in [1.165, 1.54) is 37.9 Å². The van der Waals surface area contributed by atoms with Crippen LogP contribution in [0, 0.1) is 5.92 Å². The van der Waals surface area contributed by atoms with E-state index in [1.807, 2.05) is 7.05 Å². The van der Waals surface area contributed by atoms with Gasteiger partial charge in [0.25, 0.3) is 0 Å². The Balaban J connectivity index is 2.51. The van der Waals surface area contributed by atoms with Crippen LogP contribution >= 0.6 is 0 Å². The Labute approximate surface area is 94.8 Å². The van der Waals surface area contributed by atoms with Crippen LogP contribution in [-0.2, 0) is 0 Å². The minimum absolute atomic E-state index is 0.703. The van der Waals surface area contributed by atoms with Gasteiger partial charge in [-0.25, -0.2) is 0 Å². The fourth-order valence-corrected chi connectivity index (χ4v) is 2.44. The molecule has 2 nitrogen and oxygen atoms in total. The summed E-state index contributed by atoms with van der Waals surface area (Å²) in [6.45, 7) is 4.53. The summed E-state index contributed by atoms with van der Waals surface area (Å²) < 4.78 is 0. The van der Waals surface area contributed by atoms with E-state index in [4.69, 9.17) is 0 Å². The van der Waals surface area contributed by atoms with Crippen molar-refractivity contribution < 1.29 is 0 Å². The lowest BCUT2D eigenvalue weighted by molar-refractivity contribution is 0.272. The van der Waals surface area contributed by atoms with E-state index in [2.05, 4.69) is 30.8 Å². The quantitative estimate of drug-likeness (QED) is 0.515. The summed E-state index contributed by atoms with van der Waals surface area (Å²) in [6, 6.07) is 0.746. The molecule has 0 bridgehead atoms. The van der Waals surface area contributed by atoms with Crippen molar-refractivity contribution in [1.82, 2.24) is 4.90 Å². The second-order valence-corrected chi connectivity index (χ2v) is 5.14. The number of aliphatic imine (C=N–C) groups is 1. The molecule has 0 aromatic heterocycles. The van der Waals surface area contributed by atoms with E-state index in [9.17, 15) is 0 Å². The average Bonchev–Trinajstić information content (AvgIpc) is 2.26. The van der Waals surface area contributed by atoms with Crippen LogP contribution in [0.25, 0.3) is 0 Å². The maximum Gasteiger partial charge on any atom is 0.0987 e. The van der Waals surface area contributed by atoms with Gasteiger partial charge in [0, 0.05) is 26.6 Å². The highest BCUT2D eigenvalue weighted by atomic mass is 15.2. The van der Waals surface area contributed by atoms with Crippen LogP contribution in [0.5, 0.6) is 0 Å². The van der Waals surface area contributed by atoms with E-state index in [0.29, 0.717) is 5.92 Å². The second kappa shape index (κ2) is 6.14. The Hall–Kier alpha value is -0.530. The lowest BCUT2D eigenvalue weighted by Gasteiger charge is -2.34. The van der Waals surface area contributed by atoms with Crippen LogP contribution in [0.4, 0.5) is 0 Å². The van der Waals surface area contributed by atoms with Crippen molar-refractivity contribution >= 4 is 5.84 Å². The second-order valence-electron chi connectivity index (χ2n) is 5.14. The molecular weight excluding hydrogens is 184 g/mol. The number of rotatable bonds is 3. The third-order valence-corrected chi connectivity index (χ3v) is 3.38. The zero-order valence-corrected chi connectivity index (χ0v) is 10.8. The van der Waals surface area contributed by atoms with Gasteiger partial charge in [-0.15, -0.1) is 0 Å². The summed E-state index contributed by atoms with van der Waals surface area (Å²) in [5, 5.41) is 0. The Morgan fingerprint density at radius 2 is 1.87 bits per heavy atom. The van der Waals surface area contributed by atoms with Gasteiger partial charge >= 0.3 is 0 Å². The molecule has 0 radical (unpaired) electrons. The maximum absolute atomic E-state index is 4.45.